The van der Waals surface area contributed by atoms with Crippen LogP contribution in [0, 0.1) is 6.92 Å². The first-order valence-corrected chi connectivity index (χ1v) is 3.76. The van der Waals surface area contributed by atoms with E-state index in [1.165, 1.54) is 0 Å². The maximum Gasteiger partial charge on any atom is 0.149 e. The molecule has 0 spiro atoms. The summed E-state index contributed by atoms with van der Waals surface area (Å²) >= 11 is 0. The Labute approximate surface area is 72.0 Å². The van der Waals surface area contributed by atoms with Gasteiger partial charge in [-0.1, -0.05) is 12.7 Å². The van der Waals surface area contributed by atoms with Gasteiger partial charge in [-0.3, -0.25) is 0 Å². The molecule has 0 atom stereocenters. The van der Waals surface area contributed by atoms with E-state index < -0.39 is 0 Å². The zero-order chi connectivity index (χ0) is 9.14. The number of hydrogen-bond donors (Lipinski definition) is 2. The van der Waals surface area contributed by atoms with Crippen molar-refractivity contribution < 1.29 is 0 Å². The number of nitrogens with two attached hydrogens (primary N) is 1. The summed E-state index contributed by atoms with van der Waals surface area (Å²) in [7, 11) is 0. The second-order valence-corrected chi connectivity index (χ2v) is 2.71. The largest absolute Gasteiger partial charge is 0.382 e. The average molecular weight is 163 g/mol. The summed E-state index contributed by atoms with van der Waals surface area (Å²) in [4.78, 5) is 7.09. The maximum atomic E-state index is 5.62. The Bertz CT molecular complexity index is 321. The number of H-pyrrole nitrogens is 1. The molecule has 64 valence electrons. The van der Waals surface area contributed by atoms with Crippen molar-refractivity contribution >= 4 is 11.9 Å². The van der Waals surface area contributed by atoms with Gasteiger partial charge in [-0.2, -0.15) is 0 Å². The molecular weight excluding hydrogens is 150 g/mol. The van der Waals surface area contributed by atoms with Gasteiger partial charge in [0.25, 0.3) is 0 Å². The van der Waals surface area contributed by atoms with E-state index in [4.69, 9.17) is 5.73 Å². The minimum atomic E-state index is 0.536. The highest BCUT2D eigenvalue weighted by atomic mass is 15.0. The lowest BCUT2D eigenvalue weighted by molar-refractivity contribution is 1.15. The van der Waals surface area contributed by atoms with Crippen LogP contribution in [0.4, 0.5) is 5.82 Å². The van der Waals surface area contributed by atoms with Crippen LogP contribution in [0.1, 0.15) is 18.4 Å². The quantitative estimate of drug-likeness (QED) is 0.654. The highest BCUT2D eigenvalue weighted by molar-refractivity contribution is 5.61. The zero-order valence-corrected chi connectivity index (χ0v) is 7.39. The van der Waals surface area contributed by atoms with E-state index in [0.717, 1.165) is 17.1 Å². The lowest BCUT2D eigenvalue weighted by Gasteiger charge is -1.90. The molecule has 0 saturated carbocycles. The Kier molecular flexibility index (Phi) is 2.33. The molecule has 1 aromatic rings. The van der Waals surface area contributed by atoms with Crippen LogP contribution >= 0.6 is 0 Å². The molecule has 1 rings (SSSR count). The van der Waals surface area contributed by atoms with Gasteiger partial charge in [0.15, 0.2) is 0 Å². The lowest BCUT2D eigenvalue weighted by Crippen LogP contribution is -1.87. The monoisotopic (exact) mass is 163 g/mol. The maximum absolute atomic E-state index is 5.62. The number of aryl methyl sites for hydroxylation is 1. The topological polar surface area (TPSA) is 54.7 Å². The third-order valence-corrected chi connectivity index (χ3v) is 1.57. The molecule has 0 aliphatic rings. The number of nitrogens with zero attached hydrogens (tertiary/aromatic N) is 1. The minimum absolute atomic E-state index is 0.536. The molecule has 3 N–H and O–H groups in total. The molecule has 0 fully saturated rings. The molecule has 0 saturated heterocycles. The van der Waals surface area contributed by atoms with Crippen molar-refractivity contribution in [3.05, 3.63) is 29.7 Å². The average Bonchev–Trinajstić information content (AvgIpc) is 2.30. The molecule has 1 heterocycles. The van der Waals surface area contributed by atoms with Gasteiger partial charge in [0.2, 0.25) is 0 Å². The third kappa shape index (κ3) is 1.75. The van der Waals surface area contributed by atoms with Crippen molar-refractivity contribution in [3.8, 4) is 0 Å². The van der Waals surface area contributed by atoms with Gasteiger partial charge in [-0.05, 0) is 25.5 Å². The van der Waals surface area contributed by atoms with Crippen molar-refractivity contribution in [1.82, 2.24) is 9.97 Å². The molecule has 0 radical (unpaired) electrons. The SMILES string of the molecule is C=C/C(C)=C\c1[nH]c(C)nc1N. The van der Waals surface area contributed by atoms with Crippen molar-refractivity contribution in [1.29, 1.82) is 0 Å². The van der Waals surface area contributed by atoms with E-state index >= 15 is 0 Å². The van der Waals surface area contributed by atoms with Gasteiger partial charge in [0.05, 0.1) is 5.69 Å². The number of imidazole rings is 1. The van der Waals surface area contributed by atoms with Crippen LogP contribution in [0.15, 0.2) is 18.2 Å². The number of hydrogen-bond acceptors (Lipinski definition) is 2. The number of aromatic nitrogens is 2. The first-order valence-electron chi connectivity index (χ1n) is 3.76. The molecule has 12 heavy (non-hydrogen) atoms. The number of allylic oxidation sites excluding steroid dienone is 2. The first kappa shape index (κ1) is 8.59. The number of anilines is 1. The second-order valence-electron chi connectivity index (χ2n) is 2.71. The van der Waals surface area contributed by atoms with Gasteiger partial charge >= 0.3 is 0 Å². The lowest BCUT2D eigenvalue weighted by atomic mass is 10.2. The summed E-state index contributed by atoms with van der Waals surface area (Å²) in [6.07, 6.45) is 3.69. The Morgan fingerprint density at radius 3 is 2.75 bits per heavy atom. The smallest absolute Gasteiger partial charge is 0.149 e. The van der Waals surface area contributed by atoms with Crippen LogP contribution in [-0.2, 0) is 0 Å². The summed E-state index contributed by atoms with van der Waals surface area (Å²) in [5.41, 5.74) is 7.54. The van der Waals surface area contributed by atoms with Crippen LogP contribution in [0.25, 0.3) is 6.08 Å². The van der Waals surface area contributed by atoms with Crippen LogP contribution in [-0.4, -0.2) is 9.97 Å². The molecule has 1 aromatic heterocycles. The summed E-state index contributed by atoms with van der Waals surface area (Å²) in [6.45, 7) is 7.48. The fraction of sp³-hybridized carbons (Fsp3) is 0.222. The Hall–Kier alpha value is -1.51. The van der Waals surface area contributed by atoms with Gasteiger partial charge in [0.1, 0.15) is 11.6 Å². The molecule has 0 aliphatic heterocycles. The van der Waals surface area contributed by atoms with E-state index in [-0.39, 0.29) is 0 Å². The predicted octanol–water partition coefficient (Wildman–Crippen LogP) is 1.89. The molecule has 0 amide bonds. The van der Waals surface area contributed by atoms with Crippen LogP contribution < -0.4 is 5.73 Å². The molecule has 0 bridgehead atoms. The predicted molar refractivity (Wildman–Crippen MR) is 51.6 cm³/mol. The minimum Gasteiger partial charge on any atom is -0.382 e. The first-order chi connectivity index (χ1) is 5.63. The van der Waals surface area contributed by atoms with Crippen molar-refractivity contribution in [2.24, 2.45) is 0 Å². The zero-order valence-electron chi connectivity index (χ0n) is 7.39. The summed E-state index contributed by atoms with van der Waals surface area (Å²) < 4.78 is 0. The van der Waals surface area contributed by atoms with Crippen LogP contribution in [0.5, 0.6) is 0 Å². The Morgan fingerprint density at radius 1 is 1.67 bits per heavy atom. The Morgan fingerprint density at radius 2 is 2.33 bits per heavy atom. The van der Waals surface area contributed by atoms with Crippen LogP contribution in [0.2, 0.25) is 0 Å². The fourth-order valence-electron chi connectivity index (χ4n) is 0.924. The van der Waals surface area contributed by atoms with E-state index in [0.29, 0.717) is 5.82 Å². The molecule has 3 nitrogen and oxygen atoms in total. The number of rotatable bonds is 2. The molecule has 0 aliphatic carbocycles. The standard InChI is InChI=1S/C9H13N3/c1-4-6(2)5-8-9(10)12-7(3)11-8/h4-5H,1,10H2,2-3H3,(H,11,12)/b6-5-. The summed E-state index contributed by atoms with van der Waals surface area (Å²) in [5, 5.41) is 0. The highest BCUT2D eigenvalue weighted by Crippen LogP contribution is 2.12. The molecule has 3 heteroatoms. The number of aromatic amines is 1. The van der Waals surface area contributed by atoms with Crippen molar-refractivity contribution in [2.75, 3.05) is 5.73 Å². The van der Waals surface area contributed by atoms with Gasteiger partial charge in [-0.25, -0.2) is 4.98 Å². The van der Waals surface area contributed by atoms with Gasteiger partial charge in [0, 0.05) is 0 Å². The van der Waals surface area contributed by atoms with E-state index in [2.05, 4.69) is 16.5 Å². The highest BCUT2D eigenvalue weighted by Gasteiger charge is 1.99. The second kappa shape index (κ2) is 3.26. The molecular formula is C9H13N3. The normalized spacial score (nSPS) is 11.7. The number of nitrogens with one attached hydrogen (secondary N) is 1. The fourth-order valence-corrected chi connectivity index (χ4v) is 0.924. The van der Waals surface area contributed by atoms with Crippen molar-refractivity contribution in [3.63, 3.8) is 0 Å². The summed E-state index contributed by atoms with van der Waals surface area (Å²) in [5.74, 6) is 1.37. The molecule has 0 unspecified atom stereocenters. The third-order valence-electron chi connectivity index (χ3n) is 1.57. The Balaban J connectivity index is 3.03. The van der Waals surface area contributed by atoms with E-state index in [1.807, 2.05) is 19.9 Å². The van der Waals surface area contributed by atoms with Gasteiger partial charge in [-0.15, -0.1) is 0 Å². The number of nitrogen functional groups attached to an aromatic ring is 1. The van der Waals surface area contributed by atoms with Gasteiger partial charge < -0.3 is 10.7 Å². The van der Waals surface area contributed by atoms with Crippen molar-refractivity contribution in [2.45, 2.75) is 13.8 Å². The summed E-state index contributed by atoms with van der Waals surface area (Å²) in [6, 6.07) is 0. The van der Waals surface area contributed by atoms with E-state index in [1.54, 1.807) is 6.08 Å². The molecule has 0 aromatic carbocycles. The van der Waals surface area contributed by atoms with Crippen LogP contribution in [0.3, 0.4) is 0 Å². The van der Waals surface area contributed by atoms with E-state index in [9.17, 15) is 0 Å².